The maximum atomic E-state index is 12.7. The summed E-state index contributed by atoms with van der Waals surface area (Å²) < 4.78 is 1.68. The van der Waals surface area contributed by atoms with Crippen molar-refractivity contribution in [2.24, 2.45) is 0 Å². The van der Waals surface area contributed by atoms with Gasteiger partial charge in [-0.1, -0.05) is 313 Å². The van der Waals surface area contributed by atoms with Crippen LogP contribution in [0, 0.1) is 0 Å². The van der Waals surface area contributed by atoms with Gasteiger partial charge in [0.25, 0.3) is 0 Å². The van der Waals surface area contributed by atoms with E-state index in [2.05, 4.69) is 108 Å². The molecular formula is C103H188N2Ni. The molecule has 1 heterocycles. The van der Waals surface area contributed by atoms with Gasteiger partial charge < -0.3 is 5.53 Å². The van der Waals surface area contributed by atoms with Gasteiger partial charge in [-0.15, -0.1) is 0 Å². The minimum absolute atomic E-state index is 1.03. The van der Waals surface area contributed by atoms with Crippen molar-refractivity contribution in [2.75, 3.05) is 0 Å². The molecule has 0 fully saturated rings. The summed E-state index contributed by atoms with van der Waals surface area (Å²) in [4.78, 5) is 0. The Morgan fingerprint density at radius 3 is 0.632 bits per heavy atom. The van der Waals surface area contributed by atoms with Gasteiger partial charge in [0.1, 0.15) is 0 Å². The molecule has 3 rings (SSSR count). The van der Waals surface area contributed by atoms with Crippen LogP contribution in [-0.4, -0.2) is 4.70 Å². The number of benzene rings is 2. The molecule has 0 spiro atoms. The molecule has 620 valence electrons. The Labute approximate surface area is 673 Å². The first kappa shape index (κ1) is 100. The third-order valence-electron chi connectivity index (χ3n) is 24.1. The Hall–Kier alpha value is -1.99. The quantitative estimate of drug-likeness (QED) is 0.0358. The summed E-state index contributed by atoms with van der Waals surface area (Å²) in [6.45, 7) is 23.2. The average molecular weight is 1510 g/mol. The van der Waals surface area contributed by atoms with Crippen molar-refractivity contribution in [3.05, 3.63) is 85.5 Å². The van der Waals surface area contributed by atoms with Crippen molar-refractivity contribution in [3.63, 3.8) is 0 Å². The van der Waals surface area contributed by atoms with Crippen LogP contribution in [0.25, 0.3) is 16.9 Å². The second-order valence-corrected chi connectivity index (χ2v) is 35.7. The molecule has 0 amide bonds. The van der Waals surface area contributed by atoms with E-state index in [0.717, 1.165) is 43.5 Å². The van der Waals surface area contributed by atoms with Crippen LogP contribution >= 0.6 is 0 Å². The zero-order valence-corrected chi connectivity index (χ0v) is 75.0. The first-order valence-corrected chi connectivity index (χ1v) is 50.4. The predicted molar refractivity (Wildman–Crippen MR) is 477 cm³/mol. The van der Waals surface area contributed by atoms with Crippen molar-refractivity contribution < 1.29 is 19.1 Å². The van der Waals surface area contributed by atoms with Gasteiger partial charge in [-0.2, -0.15) is 0 Å². The van der Waals surface area contributed by atoms with Crippen molar-refractivity contribution >= 4 is 11.4 Å². The van der Waals surface area contributed by atoms with E-state index in [-0.39, 0.29) is 0 Å². The van der Waals surface area contributed by atoms with Gasteiger partial charge in [-0.05, 0) is 154 Å². The molecule has 0 unspecified atom stereocenters. The SMILES string of the molecule is CCCCCCC1=C(c2cc(CCCCC)c(CCCCC)c(CCCCC)c2)[N+](=[N-])C(c2cc(CCCCC)c(CCCCC)c(CCCCC)c2)=C1C.CCCCCCCCCCCCCCCCCCCCCCCC[CH2][Ni][CH2]CCCCCCCCCCCCCCCCCCCCCCCC. The van der Waals surface area contributed by atoms with E-state index in [0.29, 0.717) is 0 Å². The van der Waals surface area contributed by atoms with E-state index < -0.39 is 0 Å². The Bertz CT molecular complexity index is 2220. The summed E-state index contributed by atoms with van der Waals surface area (Å²) in [5, 5.41) is 2.87. The summed E-state index contributed by atoms with van der Waals surface area (Å²) in [7, 11) is 0. The Morgan fingerprint density at radius 1 is 0.217 bits per heavy atom. The smallest absolute Gasteiger partial charge is 0.0654 e. The third kappa shape index (κ3) is 51.6. The summed E-state index contributed by atoms with van der Waals surface area (Å²) in [6, 6.07) is 10.1. The summed E-state index contributed by atoms with van der Waals surface area (Å²) in [5.74, 6) is 0. The molecule has 0 bridgehead atoms. The zero-order chi connectivity index (χ0) is 76.5. The average Bonchev–Trinajstić information content (AvgIpc) is 1.59. The molecule has 1 aliphatic rings. The minimum Gasteiger partial charge on any atom is -0.0654 e. The molecule has 1 aliphatic heterocycles. The van der Waals surface area contributed by atoms with Gasteiger partial charge in [0.05, 0.1) is 0 Å². The third-order valence-corrected chi connectivity index (χ3v) is 25.5. The van der Waals surface area contributed by atoms with E-state index in [1.807, 2.05) is 0 Å². The maximum absolute atomic E-state index is 12.7. The topological polar surface area (TPSA) is 25.3 Å². The molecule has 0 saturated heterocycles. The molecule has 0 N–H and O–H groups in total. The molecule has 0 saturated carbocycles. The van der Waals surface area contributed by atoms with E-state index in [1.54, 1.807) is 38.1 Å². The van der Waals surface area contributed by atoms with Gasteiger partial charge in [-0.3, -0.25) is 0 Å². The normalized spacial score (nSPS) is 12.5. The Balaban J connectivity index is 0.000000723. The van der Waals surface area contributed by atoms with Crippen LogP contribution in [0.15, 0.2) is 35.4 Å². The summed E-state index contributed by atoms with van der Waals surface area (Å²) in [6.07, 6.45) is 104. The van der Waals surface area contributed by atoms with Crippen LogP contribution in [0.1, 0.15) is 557 Å². The fourth-order valence-corrected chi connectivity index (χ4v) is 18.4. The standard InChI is InChI=1S/C53H86N2.2C25H51.Ni/c1-9-16-23-30-35-49-42(8)52(47-38-43(31-24-17-10-2)50(36-28-21-14-6)44(39-47)32-25-18-11-3)55(54)53(49)48-40-45(33-26-19-12-4)51(37-29-22-15-7)46(41-48)34-27-20-13-5;2*1-3-5-7-9-11-13-15-17-19-21-23-25-24-22-20-18-16-14-12-10-8-6-4-2;/h38-41H,9-37H2,1-8H3;2*1,3-25H2,2H3;. The van der Waals surface area contributed by atoms with E-state index in [4.69, 9.17) is 0 Å². The van der Waals surface area contributed by atoms with Crippen LogP contribution in [0.2, 0.25) is 10.8 Å². The molecule has 0 aliphatic carbocycles. The molecule has 2 aromatic rings. The van der Waals surface area contributed by atoms with Gasteiger partial charge >= 0.3 is 166 Å². The first-order chi connectivity index (χ1) is 52.3. The molecule has 0 aromatic heterocycles. The Morgan fingerprint density at radius 2 is 0.396 bits per heavy atom. The molecule has 106 heavy (non-hydrogen) atoms. The van der Waals surface area contributed by atoms with Crippen LogP contribution in [0.4, 0.5) is 0 Å². The van der Waals surface area contributed by atoms with Gasteiger partial charge in [0.15, 0.2) is 0 Å². The van der Waals surface area contributed by atoms with Crippen molar-refractivity contribution in [1.82, 2.24) is 0 Å². The number of rotatable bonds is 79. The van der Waals surface area contributed by atoms with Crippen molar-refractivity contribution in [3.8, 4) is 0 Å². The monoisotopic (exact) mass is 1510 g/mol. The number of nitrogens with zero attached hydrogens (tertiary/aromatic N) is 2. The number of allylic oxidation sites excluding steroid dienone is 2. The number of hydrogen-bond acceptors (Lipinski definition) is 0. The fraction of sp³-hybridized carbons (Fsp3) is 0.845. The van der Waals surface area contributed by atoms with Crippen LogP contribution in [0.5, 0.6) is 0 Å². The molecule has 2 aromatic carbocycles. The number of hydrogen-bond donors (Lipinski definition) is 0. The van der Waals surface area contributed by atoms with Crippen molar-refractivity contribution in [2.45, 2.75) is 562 Å². The Kier molecular flexibility index (Phi) is 71.5. The summed E-state index contributed by atoms with van der Waals surface area (Å²) in [5.41, 5.74) is 29.5. The molecule has 3 heteroatoms. The second kappa shape index (κ2) is 75.7. The molecule has 0 atom stereocenters. The predicted octanol–water partition coefficient (Wildman–Crippen LogP) is 37.1. The van der Waals surface area contributed by atoms with Gasteiger partial charge in [-0.25, -0.2) is 4.70 Å². The fourth-order valence-electron chi connectivity index (χ4n) is 17.1. The summed E-state index contributed by atoms with van der Waals surface area (Å²) >= 11 is 2.05. The van der Waals surface area contributed by atoms with Crippen LogP contribution < -0.4 is 0 Å². The zero-order valence-electron chi connectivity index (χ0n) is 74.0. The minimum atomic E-state index is 1.03. The van der Waals surface area contributed by atoms with Crippen molar-refractivity contribution in [1.29, 1.82) is 0 Å². The van der Waals surface area contributed by atoms with E-state index in [9.17, 15) is 5.53 Å². The molecule has 2 nitrogen and oxygen atoms in total. The van der Waals surface area contributed by atoms with Crippen LogP contribution in [-0.2, 0) is 53.0 Å². The molecule has 0 radical (unpaired) electrons. The first-order valence-electron chi connectivity index (χ1n) is 49.0. The van der Waals surface area contributed by atoms with Gasteiger partial charge in [0, 0.05) is 22.3 Å². The van der Waals surface area contributed by atoms with Crippen LogP contribution in [0.3, 0.4) is 0 Å². The van der Waals surface area contributed by atoms with Gasteiger partial charge in [0.2, 0.25) is 11.4 Å². The van der Waals surface area contributed by atoms with E-state index >= 15 is 0 Å². The second-order valence-electron chi connectivity index (χ2n) is 34.2. The molecular weight excluding hydrogens is 1320 g/mol. The van der Waals surface area contributed by atoms with E-state index in [1.165, 1.54) is 483 Å². The number of aryl methyl sites for hydroxylation is 4. The number of unbranched alkanes of at least 4 members (excludes halogenated alkanes) is 59.